The minimum Gasteiger partial charge on any atom is -0.489 e. The van der Waals surface area contributed by atoms with Gasteiger partial charge in [-0.2, -0.15) is 0 Å². The number of hydrogen-bond donors (Lipinski definition) is 0. The van der Waals surface area contributed by atoms with Crippen LogP contribution in [0.1, 0.15) is 37.6 Å². The van der Waals surface area contributed by atoms with Gasteiger partial charge in [-0.05, 0) is 12.0 Å². The van der Waals surface area contributed by atoms with Gasteiger partial charge in [-0.1, -0.05) is 20.8 Å². The van der Waals surface area contributed by atoms with Crippen LogP contribution in [0.3, 0.4) is 0 Å². The summed E-state index contributed by atoms with van der Waals surface area (Å²) in [7, 11) is 0. The maximum absolute atomic E-state index is 13.5. The van der Waals surface area contributed by atoms with Gasteiger partial charge >= 0.3 is 0 Å². The first-order chi connectivity index (χ1) is 7.95. The summed E-state index contributed by atoms with van der Waals surface area (Å²) < 4.78 is 31.8. The van der Waals surface area contributed by atoms with Crippen LogP contribution in [0.25, 0.3) is 0 Å². The summed E-state index contributed by atoms with van der Waals surface area (Å²) in [6.45, 7) is 5.73. The largest absolute Gasteiger partial charge is 0.489 e. The Hall–Kier alpha value is -1.45. The molecule has 0 N–H and O–H groups in total. The first-order valence-corrected chi connectivity index (χ1v) is 5.60. The van der Waals surface area contributed by atoms with Gasteiger partial charge in [0.25, 0.3) is 0 Å². The van der Waals surface area contributed by atoms with E-state index in [0.29, 0.717) is 0 Å². The van der Waals surface area contributed by atoms with Crippen LogP contribution in [0.15, 0.2) is 12.1 Å². The Balaban J connectivity index is 3.11. The van der Waals surface area contributed by atoms with Gasteiger partial charge in [0.1, 0.15) is 5.82 Å². The van der Waals surface area contributed by atoms with Gasteiger partial charge in [0.2, 0.25) is 0 Å². The highest BCUT2D eigenvalue weighted by Crippen LogP contribution is 2.26. The average Bonchev–Trinajstić information content (AvgIpc) is 2.25. The number of benzene rings is 1. The maximum Gasteiger partial charge on any atom is 0.168 e. The topological polar surface area (TPSA) is 26.3 Å². The molecule has 0 unspecified atom stereocenters. The van der Waals surface area contributed by atoms with Gasteiger partial charge in [-0.15, -0.1) is 0 Å². The summed E-state index contributed by atoms with van der Waals surface area (Å²) in [5.41, 5.74) is -0.0225. The number of halogens is 2. The Kier molecular flexibility index (Phi) is 4.61. The van der Waals surface area contributed by atoms with E-state index < -0.39 is 11.6 Å². The van der Waals surface area contributed by atoms with Crippen molar-refractivity contribution in [1.82, 2.24) is 0 Å². The lowest BCUT2D eigenvalue weighted by atomic mass is 10.1. The fraction of sp³-hybridized carbons (Fsp3) is 0.462. The zero-order valence-corrected chi connectivity index (χ0v) is 10.2. The van der Waals surface area contributed by atoms with Crippen LogP contribution in [-0.2, 0) is 0 Å². The molecule has 0 atom stereocenters. The molecule has 0 bridgehead atoms. The zero-order valence-electron chi connectivity index (χ0n) is 10.2. The van der Waals surface area contributed by atoms with Crippen molar-refractivity contribution in [3.63, 3.8) is 0 Å². The second-order valence-corrected chi connectivity index (χ2v) is 4.25. The van der Waals surface area contributed by atoms with Gasteiger partial charge in [-0.25, -0.2) is 8.78 Å². The van der Waals surface area contributed by atoms with E-state index in [1.54, 1.807) is 6.92 Å². The highest BCUT2D eigenvalue weighted by molar-refractivity contribution is 5.98. The number of ether oxygens (including phenoxy) is 1. The maximum atomic E-state index is 13.5. The normalized spacial score (nSPS) is 10.7. The highest BCUT2D eigenvalue weighted by atomic mass is 19.1. The van der Waals surface area contributed by atoms with E-state index in [2.05, 4.69) is 0 Å². The molecule has 1 aromatic carbocycles. The molecule has 17 heavy (non-hydrogen) atoms. The van der Waals surface area contributed by atoms with Gasteiger partial charge in [0.15, 0.2) is 17.3 Å². The minimum absolute atomic E-state index is 0.0225. The van der Waals surface area contributed by atoms with Gasteiger partial charge in [-0.3, -0.25) is 4.79 Å². The molecule has 0 aliphatic rings. The van der Waals surface area contributed by atoms with Crippen molar-refractivity contribution in [1.29, 1.82) is 0 Å². The number of Topliss-reactive ketones (excluding diaryl/α,β-unsaturated/α-hetero) is 1. The van der Waals surface area contributed by atoms with E-state index in [1.165, 1.54) is 0 Å². The number of carbonyl (C=O) groups excluding carboxylic acids is 1. The van der Waals surface area contributed by atoms with Crippen molar-refractivity contribution in [2.24, 2.45) is 5.92 Å². The lowest BCUT2D eigenvalue weighted by Crippen LogP contribution is -2.10. The molecule has 4 heteroatoms. The molecule has 0 aromatic heterocycles. The average molecular weight is 242 g/mol. The van der Waals surface area contributed by atoms with Crippen LogP contribution in [0.2, 0.25) is 0 Å². The van der Waals surface area contributed by atoms with Gasteiger partial charge in [0.05, 0.1) is 12.2 Å². The van der Waals surface area contributed by atoms with Crippen LogP contribution in [-0.4, -0.2) is 12.4 Å². The SMILES string of the molecule is CCC(=O)c1cc(F)cc(F)c1OCC(C)C. The summed E-state index contributed by atoms with van der Waals surface area (Å²) >= 11 is 0. The molecule has 0 spiro atoms. The monoisotopic (exact) mass is 242 g/mol. The van der Waals surface area contributed by atoms with Crippen molar-refractivity contribution < 1.29 is 18.3 Å². The van der Waals surface area contributed by atoms with E-state index in [0.717, 1.165) is 12.1 Å². The van der Waals surface area contributed by atoms with Crippen LogP contribution >= 0.6 is 0 Å². The second-order valence-electron chi connectivity index (χ2n) is 4.25. The fourth-order valence-electron chi connectivity index (χ4n) is 1.35. The smallest absolute Gasteiger partial charge is 0.168 e. The van der Waals surface area contributed by atoms with E-state index in [9.17, 15) is 13.6 Å². The molecule has 0 radical (unpaired) electrons. The summed E-state index contributed by atoms with van der Waals surface area (Å²) in [4.78, 5) is 11.6. The Morgan fingerprint density at radius 2 is 2.00 bits per heavy atom. The standard InChI is InChI=1S/C13H16F2O2/c1-4-12(16)10-5-9(14)6-11(15)13(10)17-7-8(2)3/h5-6,8H,4,7H2,1-3H3. The Labute approximate surface area is 99.6 Å². The quantitative estimate of drug-likeness (QED) is 0.737. The number of rotatable bonds is 5. The Morgan fingerprint density at radius 1 is 1.35 bits per heavy atom. The van der Waals surface area contributed by atoms with Crippen molar-refractivity contribution >= 4 is 5.78 Å². The van der Waals surface area contributed by atoms with Crippen molar-refractivity contribution in [2.45, 2.75) is 27.2 Å². The minimum atomic E-state index is -0.831. The molecule has 94 valence electrons. The molecular formula is C13H16F2O2. The predicted molar refractivity (Wildman–Crippen MR) is 61.3 cm³/mol. The first kappa shape index (κ1) is 13.6. The van der Waals surface area contributed by atoms with Crippen molar-refractivity contribution in [3.05, 3.63) is 29.3 Å². The van der Waals surface area contributed by atoms with E-state index >= 15 is 0 Å². The highest BCUT2D eigenvalue weighted by Gasteiger charge is 2.18. The lowest BCUT2D eigenvalue weighted by molar-refractivity contribution is 0.0981. The van der Waals surface area contributed by atoms with Crippen LogP contribution in [0, 0.1) is 17.6 Å². The predicted octanol–water partition coefficient (Wildman–Crippen LogP) is 3.59. The lowest BCUT2D eigenvalue weighted by Gasteiger charge is -2.13. The second kappa shape index (κ2) is 5.75. The molecule has 0 heterocycles. The van der Waals surface area contributed by atoms with E-state index in [1.807, 2.05) is 13.8 Å². The molecule has 2 nitrogen and oxygen atoms in total. The third kappa shape index (κ3) is 3.51. The van der Waals surface area contributed by atoms with E-state index in [-0.39, 0.29) is 36.0 Å². The molecular weight excluding hydrogens is 226 g/mol. The first-order valence-electron chi connectivity index (χ1n) is 5.60. The molecule has 0 aliphatic heterocycles. The summed E-state index contributed by atoms with van der Waals surface area (Å²) in [5, 5.41) is 0. The molecule has 0 amide bonds. The van der Waals surface area contributed by atoms with E-state index in [4.69, 9.17) is 4.74 Å². The van der Waals surface area contributed by atoms with Crippen LogP contribution < -0.4 is 4.74 Å². The van der Waals surface area contributed by atoms with Crippen molar-refractivity contribution in [3.8, 4) is 5.75 Å². The van der Waals surface area contributed by atoms with Gasteiger partial charge < -0.3 is 4.74 Å². The van der Waals surface area contributed by atoms with Crippen LogP contribution in [0.5, 0.6) is 5.75 Å². The zero-order chi connectivity index (χ0) is 13.0. The number of carbonyl (C=O) groups is 1. The summed E-state index contributed by atoms with van der Waals surface area (Å²) in [6.07, 6.45) is 0.181. The Morgan fingerprint density at radius 3 is 2.53 bits per heavy atom. The summed E-state index contributed by atoms with van der Waals surface area (Å²) in [5.74, 6) is -1.88. The van der Waals surface area contributed by atoms with Crippen LogP contribution in [0.4, 0.5) is 8.78 Å². The molecule has 0 saturated heterocycles. The Bertz CT molecular complexity index is 414. The molecule has 0 saturated carbocycles. The molecule has 0 fully saturated rings. The molecule has 1 aromatic rings. The third-order valence-electron chi connectivity index (χ3n) is 2.19. The number of ketones is 1. The van der Waals surface area contributed by atoms with Crippen molar-refractivity contribution in [2.75, 3.05) is 6.61 Å². The van der Waals surface area contributed by atoms with Gasteiger partial charge in [0, 0.05) is 12.5 Å². The molecule has 0 aliphatic carbocycles. The summed E-state index contributed by atoms with van der Waals surface area (Å²) in [6, 6.07) is 1.74. The number of hydrogen-bond acceptors (Lipinski definition) is 2. The molecule has 1 rings (SSSR count). The third-order valence-corrected chi connectivity index (χ3v) is 2.19. The fourth-order valence-corrected chi connectivity index (χ4v) is 1.35.